The molecule has 0 bridgehead atoms. The zero-order chi connectivity index (χ0) is 19.7. The summed E-state index contributed by atoms with van der Waals surface area (Å²) in [5.74, 6) is -0.654. The Balaban J connectivity index is 2.03. The number of methoxy groups -OCH3 is 2. The van der Waals surface area contributed by atoms with E-state index < -0.39 is 17.9 Å². The maximum atomic E-state index is 12.2. The minimum atomic E-state index is -1.02. The number of carboxylic acids is 1. The number of nitrogens with zero attached hydrogens (tertiary/aromatic N) is 3. The van der Waals surface area contributed by atoms with Crippen molar-refractivity contribution in [1.82, 2.24) is 14.7 Å². The van der Waals surface area contributed by atoms with Crippen LogP contribution in [-0.4, -0.2) is 52.4 Å². The first-order valence-corrected chi connectivity index (χ1v) is 8.40. The number of carbonyl (C=O) groups is 2. The summed E-state index contributed by atoms with van der Waals surface area (Å²) in [6.07, 6.45) is 0.558. The molecule has 0 saturated heterocycles. The lowest BCUT2D eigenvalue weighted by Gasteiger charge is -2.33. The molecule has 1 atom stereocenters. The quantitative estimate of drug-likeness (QED) is 0.764. The molecule has 9 nitrogen and oxygen atoms in total. The molecule has 0 saturated carbocycles. The van der Waals surface area contributed by atoms with Crippen molar-refractivity contribution in [2.24, 2.45) is 12.8 Å². The SMILES string of the molecule is COc1ccc(OC)c(C(C(=O)O)N2CCc3c(c(C(N)=O)nn3C)C2)c1. The van der Waals surface area contributed by atoms with E-state index >= 15 is 0 Å². The molecule has 9 heteroatoms. The summed E-state index contributed by atoms with van der Waals surface area (Å²) >= 11 is 0. The van der Waals surface area contributed by atoms with Gasteiger partial charge in [-0.3, -0.25) is 19.2 Å². The monoisotopic (exact) mass is 374 g/mol. The Morgan fingerprint density at radius 2 is 2.04 bits per heavy atom. The predicted octanol–water partition coefficient (Wildman–Crippen LogP) is 0.720. The number of primary amides is 1. The zero-order valence-electron chi connectivity index (χ0n) is 15.4. The van der Waals surface area contributed by atoms with Gasteiger partial charge in [0.05, 0.1) is 14.2 Å². The van der Waals surface area contributed by atoms with Crippen LogP contribution in [-0.2, 0) is 24.8 Å². The zero-order valence-corrected chi connectivity index (χ0v) is 15.4. The van der Waals surface area contributed by atoms with Gasteiger partial charge in [0.1, 0.15) is 17.5 Å². The van der Waals surface area contributed by atoms with Crippen molar-refractivity contribution in [3.8, 4) is 11.5 Å². The molecule has 144 valence electrons. The minimum Gasteiger partial charge on any atom is -0.497 e. The number of rotatable bonds is 6. The Bertz CT molecular complexity index is 892. The summed E-state index contributed by atoms with van der Waals surface area (Å²) in [5, 5.41) is 14.1. The number of benzene rings is 1. The fourth-order valence-corrected chi connectivity index (χ4v) is 3.57. The molecule has 3 N–H and O–H groups in total. The lowest BCUT2D eigenvalue weighted by atomic mass is 9.98. The van der Waals surface area contributed by atoms with Crippen LogP contribution in [0.3, 0.4) is 0 Å². The van der Waals surface area contributed by atoms with Crippen molar-refractivity contribution in [2.75, 3.05) is 20.8 Å². The Morgan fingerprint density at radius 3 is 2.63 bits per heavy atom. The predicted molar refractivity (Wildman–Crippen MR) is 95.8 cm³/mol. The van der Waals surface area contributed by atoms with E-state index in [1.54, 1.807) is 34.8 Å². The number of amides is 1. The molecule has 1 amide bonds. The number of ether oxygens (including phenoxy) is 2. The number of aliphatic carboxylic acids is 1. The van der Waals surface area contributed by atoms with Crippen molar-refractivity contribution in [3.63, 3.8) is 0 Å². The van der Waals surface area contributed by atoms with Crippen molar-refractivity contribution in [3.05, 3.63) is 40.7 Å². The number of aromatic nitrogens is 2. The van der Waals surface area contributed by atoms with E-state index in [0.717, 1.165) is 5.69 Å². The Kier molecular flexibility index (Phi) is 5.04. The third-order valence-corrected chi connectivity index (χ3v) is 4.84. The lowest BCUT2D eigenvalue weighted by Crippen LogP contribution is -2.39. The second kappa shape index (κ2) is 7.28. The van der Waals surface area contributed by atoms with Gasteiger partial charge in [0.15, 0.2) is 5.69 Å². The van der Waals surface area contributed by atoms with Crippen LogP contribution in [0.2, 0.25) is 0 Å². The smallest absolute Gasteiger partial charge is 0.325 e. The molecule has 0 radical (unpaired) electrons. The number of carboxylic acid groups (broad SMARTS) is 1. The van der Waals surface area contributed by atoms with Crippen LogP contribution < -0.4 is 15.2 Å². The van der Waals surface area contributed by atoms with E-state index in [4.69, 9.17) is 15.2 Å². The number of hydrogen-bond acceptors (Lipinski definition) is 6. The normalized spacial score (nSPS) is 15.1. The van der Waals surface area contributed by atoms with Gasteiger partial charge in [0, 0.05) is 43.4 Å². The van der Waals surface area contributed by atoms with Crippen molar-refractivity contribution >= 4 is 11.9 Å². The number of carbonyl (C=O) groups excluding carboxylic acids is 1. The average Bonchev–Trinajstić information content (AvgIpc) is 2.98. The first-order chi connectivity index (χ1) is 12.9. The summed E-state index contributed by atoms with van der Waals surface area (Å²) in [6, 6.07) is 4.08. The van der Waals surface area contributed by atoms with Crippen molar-refractivity contribution in [1.29, 1.82) is 0 Å². The van der Waals surface area contributed by atoms with Gasteiger partial charge in [-0.25, -0.2) is 0 Å². The highest BCUT2D eigenvalue weighted by Crippen LogP contribution is 2.36. The molecule has 0 spiro atoms. The molecule has 1 unspecified atom stereocenters. The highest BCUT2D eigenvalue weighted by atomic mass is 16.5. The van der Waals surface area contributed by atoms with Gasteiger partial charge < -0.3 is 20.3 Å². The minimum absolute atomic E-state index is 0.180. The third kappa shape index (κ3) is 3.33. The fourth-order valence-electron chi connectivity index (χ4n) is 3.57. The van der Waals surface area contributed by atoms with Gasteiger partial charge in [-0.05, 0) is 18.2 Å². The van der Waals surface area contributed by atoms with Crippen LogP contribution in [0.15, 0.2) is 18.2 Å². The maximum Gasteiger partial charge on any atom is 0.325 e. The van der Waals surface area contributed by atoms with Gasteiger partial charge in [-0.15, -0.1) is 0 Å². The van der Waals surface area contributed by atoms with Crippen molar-refractivity contribution in [2.45, 2.75) is 19.0 Å². The molecule has 1 aliphatic rings. The largest absolute Gasteiger partial charge is 0.497 e. The Labute approximate surface area is 156 Å². The Hall–Kier alpha value is -3.07. The topological polar surface area (TPSA) is 120 Å². The number of hydrogen-bond donors (Lipinski definition) is 2. The summed E-state index contributed by atoms with van der Waals surface area (Å²) in [6.45, 7) is 0.737. The van der Waals surface area contributed by atoms with E-state index in [2.05, 4.69) is 5.10 Å². The van der Waals surface area contributed by atoms with E-state index in [-0.39, 0.29) is 12.2 Å². The maximum absolute atomic E-state index is 12.2. The molecule has 2 aromatic rings. The first-order valence-electron chi connectivity index (χ1n) is 8.40. The molecule has 27 heavy (non-hydrogen) atoms. The van der Waals surface area contributed by atoms with Crippen LogP contribution in [0.5, 0.6) is 11.5 Å². The van der Waals surface area contributed by atoms with Crippen LogP contribution in [0.1, 0.15) is 33.4 Å². The van der Waals surface area contributed by atoms with Gasteiger partial charge in [-0.1, -0.05) is 0 Å². The third-order valence-electron chi connectivity index (χ3n) is 4.84. The lowest BCUT2D eigenvalue weighted by molar-refractivity contribution is -0.144. The molecule has 0 fully saturated rings. The van der Waals surface area contributed by atoms with Crippen LogP contribution in [0.25, 0.3) is 0 Å². The van der Waals surface area contributed by atoms with Crippen LogP contribution in [0, 0.1) is 0 Å². The molecular weight excluding hydrogens is 352 g/mol. The molecule has 1 aromatic heterocycles. The van der Waals surface area contributed by atoms with Crippen LogP contribution in [0.4, 0.5) is 0 Å². The summed E-state index contributed by atoms with van der Waals surface area (Å²) < 4.78 is 12.2. The summed E-state index contributed by atoms with van der Waals surface area (Å²) in [4.78, 5) is 25.7. The second-order valence-corrected chi connectivity index (χ2v) is 6.33. The Morgan fingerprint density at radius 1 is 1.30 bits per heavy atom. The highest BCUT2D eigenvalue weighted by molar-refractivity contribution is 5.92. The van der Waals surface area contributed by atoms with Crippen molar-refractivity contribution < 1.29 is 24.2 Å². The van der Waals surface area contributed by atoms with Gasteiger partial charge in [0.2, 0.25) is 0 Å². The number of fused-ring (bicyclic) bond motifs is 1. The van der Waals surface area contributed by atoms with E-state index in [1.165, 1.54) is 14.2 Å². The fraction of sp³-hybridized carbons (Fsp3) is 0.389. The highest BCUT2D eigenvalue weighted by Gasteiger charge is 2.35. The van der Waals surface area contributed by atoms with E-state index in [1.807, 2.05) is 0 Å². The summed E-state index contributed by atoms with van der Waals surface area (Å²) in [7, 11) is 4.76. The van der Waals surface area contributed by atoms with Gasteiger partial charge in [-0.2, -0.15) is 5.10 Å². The molecule has 0 aliphatic carbocycles. The number of aryl methyl sites for hydroxylation is 1. The van der Waals surface area contributed by atoms with Gasteiger partial charge in [0.25, 0.3) is 5.91 Å². The number of nitrogens with two attached hydrogens (primary N) is 1. The summed E-state index contributed by atoms with van der Waals surface area (Å²) in [5.41, 5.74) is 7.67. The molecule has 3 rings (SSSR count). The standard InChI is InChI=1S/C18H22N4O5/c1-21-13-6-7-22(9-12(13)15(20-21)17(19)23)16(18(24)25)11-8-10(26-2)4-5-14(11)27-3/h4-5,8,16H,6-7,9H2,1-3H3,(H2,19,23)(H,24,25). The van der Waals surface area contributed by atoms with E-state index in [9.17, 15) is 14.7 Å². The average molecular weight is 374 g/mol. The van der Waals surface area contributed by atoms with Crippen LogP contribution >= 0.6 is 0 Å². The first kappa shape index (κ1) is 18.7. The van der Waals surface area contributed by atoms with Gasteiger partial charge >= 0.3 is 5.97 Å². The molecule has 1 aliphatic heterocycles. The molecule has 1 aromatic carbocycles. The molecular formula is C18H22N4O5. The second-order valence-electron chi connectivity index (χ2n) is 6.33. The van der Waals surface area contributed by atoms with E-state index in [0.29, 0.717) is 35.6 Å². The molecule has 2 heterocycles.